The molecule has 0 amide bonds. The smallest absolute Gasteiger partial charge is 0.0724 e. The normalized spacial score (nSPS) is 30.0. The summed E-state index contributed by atoms with van der Waals surface area (Å²) in [5, 5.41) is 3.56. The second kappa shape index (κ2) is 4.83. The van der Waals surface area contributed by atoms with Gasteiger partial charge in [-0.2, -0.15) is 0 Å². The van der Waals surface area contributed by atoms with E-state index in [9.17, 15) is 0 Å². The van der Waals surface area contributed by atoms with Crippen molar-refractivity contribution in [2.75, 3.05) is 13.7 Å². The van der Waals surface area contributed by atoms with Crippen LogP contribution >= 0.6 is 0 Å². The summed E-state index contributed by atoms with van der Waals surface area (Å²) < 4.78 is 5.39. The number of rotatable bonds is 4. The van der Waals surface area contributed by atoms with Gasteiger partial charge < -0.3 is 10.1 Å². The van der Waals surface area contributed by atoms with Crippen molar-refractivity contribution < 1.29 is 4.74 Å². The monoisotopic (exact) mass is 171 g/mol. The minimum absolute atomic E-state index is 0.462. The molecule has 1 aliphatic carbocycles. The van der Waals surface area contributed by atoms with Crippen LogP contribution in [0.25, 0.3) is 0 Å². The van der Waals surface area contributed by atoms with Crippen molar-refractivity contribution in [3.63, 3.8) is 0 Å². The van der Waals surface area contributed by atoms with Crippen LogP contribution in [0.5, 0.6) is 0 Å². The van der Waals surface area contributed by atoms with E-state index in [1.165, 1.54) is 19.3 Å². The van der Waals surface area contributed by atoms with Gasteiger partial charge in [0.1, 0.15) is 0 Å². The molecular weight excluding hydrogens is 150 g/mol. The van der Waals surface area contributed by atoms with E-state index >= 15 is 0 Å². The fourth-order valence-corrected chi connectivity index (χ4v) is 1.83. The van der Waals surface area contributed by atoms with Crippen molar-refractivity contribution in [2.24, 2.45) is 5.92 Å². The molecule has 0 aliphatic heterocycles. The van der Waals surface area contributed by atoms with Crippen LogP contribution in [0.1, 0.15) is 33.1 Å². The molecule has 1 aliphatic rings. The third kappa shape index (κ3) is 2.76. The Bertz CT molecular complexity index is 125. The van der Waals surface area contributed by atoms with Gasteiger partial charge in [-0.15, -0.1) is 0 Å². The summed E-state index contributed by atoms with van der Waals surface area (Å²) in [5.41, 5.74) is 0. The molecule has 0 heterocycles. The quantitative estimate of drug-likeness (QED) is 0.696. The highest BCUT2D eigenvalue weighted by Gasteiger charge is 2.26. The Labute approximate surface area is 75.7 Å². The zero-order valence-electron chi connectivity index (χ0n) is 8.47. The van der Waals surface area contributed by atoms with Gasteiger partial charge in [0, 0.05) is 13.2 Å². The minimum atomic E-state index is 0.462. The van der Waals surface area contributed by atoms with Crippen molar-refractivity contribution >= 4 is 0 Å². The lowest BCUT2D eigenvalue weighted by molar-refractivity contribution is 0.0843. The molecule has 1 saturated carbocycles. The molecule has 1 N–H and O–H groups in total. The van der Waals surface area contributed by atoms with E-state index in [0.29, 0.717) is 12.1 Å². The Hall–Kier alpha value is -0.0800. The Morgan fingerprint density at radius 3 is 2.75 bits per heavy atom. The van der Waals surface area contributed by atoms with Crippen LogP contribution in [0, 0.1) is 5.92 Å². The Morgan fingerprint density at radius 2 is 2.17 bits per heavy atom. The molecule has 12 heavy (non-hydrogen) atoms. The third-order valence-corrected chi connectivity index (χ3v) is 2.54. The molecular formula is C10H21NO. The molecule has 0 spiro atoms. The van der Waals surface area contributed by atoms with Crippen LogP contribution < -0.4 is 5.32 Å². The minimum Gasteiger partial charge on any atom is -0.380 e. The number of nitrogens with one attached hydrogen (secondary N) is 1. The predicted molar refractivity (Wildman–Crippen MR) is 51.3 cm³/mol. The molecule has 1 rings (SSSR count). The first-order valence-electron chi connectivity index (χ1n) is 5.00. The first-order valence-corrected chi connectivity index (χ1v) is 5.00. The third-order valence-electron chi connectivity index (χ3n) is 2.54. The van der Waals surface area contributed by atoms with Gasteiger partial charge in [-0.25, -0.2) is 0 Å². The van der Waals surface area contributed by atoms with Crippen molar-refractivity contribution in [1.82, 2.24) is 5.32 Å². The van der Waals surface area contributed by atoms with E-state index in [1.807, 2.05) is 7.11 Å². The second-order valence-electron chi connectivity index (χ2n) is 4.11. The summed E-state index contributed by atoms with van der Waals surface area (Å²) in [6.45, 7) is 5.60. The molecule has 2 nitrogen and oxygen atoms in total. The average Bonchev–Trinajstić information content (AvgIpc) is 2.47. The van der Waals surface area contributed by atoms with Gasteiger partial charge in [-0.05, 0) is 31.7 Å². The topological polar surface area (TPSA) is 21.3 Å². The summed E-state index contributed by atoms with van der Waals surface area (Å²) in [5.74, 6) is 0.739. The standard InChI is InChI=1S/C10H21NO/c1-8(2)7-11-9-5-4-6-10(9)12-3/h8-11H,4-7H2,1-3H3. The molecule has 2 heteroatoms. The Kier molecular flexibility index (Phi) is 4.02. The Morgan fingerprint density at radius 1 is 1.42 bits per heavy atom. The molecule has 0 bridgehead atoms. The van der Waals surface area contributed by atoms with E-state index in [0.717, 1.165) is 12.5 Å². The van der Waals surface area contributed by atoms with Crippen LogP contribution in [-0.2, 0) is 4.74 Å². The number of methoxy groups -OCH3 is 1. The summed E-state index contributed by atoms with van der Waals surface area (Å²) in [6, 6.07) is 0.609. The SMILES string of the molecule is COC1CCCC1NCC(C)C. The molecule has 2 unspecified atom stereocenters. The fraction of sp³-hybridized carbons (Fsp3) is 1.00. The van der Waals surface area contributed by atoms with Gasteiger partial charge in [-0.1, -0.05) is 13.8 Å². The molecule has 0 aromatic heterocycles. The van der Waals surface area contributed by atoms with E-state index in [2.05, 4.69) is 19.2 Å². The zero-order chi connectivity index (χ0) is 8.97. The zero-order valence-corrected chi connectivity index (χ0v) is 8.47. The average molecular weight is 171 g/mol. The molecule has 2 atom stereocenters. The largest absolute Gasteiger partial charge is 0.380 e. The van der Waals surface area contributed by atoms with Gasteiger partial charge >= 0.3 is 0 Å². The van der Waals surface area contributed by atoms with E-state index < -0.39 is 0 Å². The number of hydrogen-bond donors (Lipinski definition) is 1. The summed E-state index contributed by atoms with van der Waals surface area (Å²) in [4.78, 5) is 0. The molecule has 72 valence electrons. The number of hydrogen-bond acceptors (Lipinski definition) is 2. The molecule has 0 radical (unpaired) electrons. The van der Waals surface area contributed by atoms with Crippen molar-refractivity contribution in [2.45, 2.75) is 45.3 Å². The first kappa shape index (κ1) is 10.0. The van der Waals surface area contributed by atoms with Crippen LogP contribution in [0.2, 0.25) is 0 Å². The highest BCUT2D eigenvalue weighted by atomic mass is 16.5. The van der Waals surface area contributed by atoms with Crippen LogP contribution in [-0.4, -0.2) is 25.8 Å². The molecule has 0 aromatic rings. The number of ether oxygens (including phenoxy) is 1. The Balaban J connectivity index is 2.21. The van der Waals surface area contributed by atoms with Crippen molar-refractivity contribution in [1.29, 1.82) is 0 Å². The maximum atomic E-state index is 5.39. The summed E-state index contributed by atoms with van der Waals surface area (Å²) in [6.07, 6.45) is 4.29. The fourth-order valence-electron chi connectivity index (χ4n) is 1.83. The maximum Gasteiger partial charge on any atom is 0.0724 e. The van der Waals surface area contributed by atoms with Gasteiger partial charge in [0.15, 0.2) is 0 Å². The van der Waals surface area contributed by atoms with Crippen LogP contribution in [0.3, 0.4) is 0 Å². The molecule has 0 aromatic carbocycles. The van der Waals surface area contributed by atoms with E-state index in [-0.39, 0.29) is 0 Å². The lowest BCUT2D eigenvalue weighted by Gasteiger charge is -2.20. The maximum absolute atomic E-state index is 5.39. The lowest BCUT2D eigenvalue weighted by atomic mass is 10.1. The van der Waals surface area contributed by atoms with Crippen LogP contribution in [0.4, 0.5) is 0 Å². The molecule has 1 fully saturated rings. The highest BCUT2D eigenvalue weighted by molar-refractivity contribution is 4.83. The molecule has 0 saturated heterocycles. The summed E-state index contributed by atoms with van der Waals surface area (Å²) in [7, 11) is 1.82. The lowest BCUT2D eigenvalue weighted by Crippen LogP contribution is -2.38. The first-order chi connectivity index (χ1) is 5.74. The van der Waals surface area contributed by atoms with Gasteiger partial charge in [0.05, 0.1) is 6.10 Å². The second-order valence-corrected chi connectivity index (χ2v) is 4.11. The summed E-state index contributed by atoms with van der Waals surface area (Å²) >= 11 is 0. The van der Waals surface area contributed by atoms with Crippen LogP contribution in [0.15, 0.2) is 0 Å². The highest BCUT2D eigenvalue weighted by Crippen LogP contribution is 2.21. The van der Waals surface area contributed by atoms with Gasteiger partial charge in [0.2, 0.25) is 0 Å². The van der Waals surface area contributed by atoms with Crippen molar-refractivity contribution in [3.8, 4) is 0 Å². The predicted octanol–water partition coefficient (Wildman–Crippen LogP) is 1.80. The van der Waals surface area contributed by atoms with Crippen molar-refractivity contribution in [3.05, 3.63) is 0 Å². The van der Waals surface area contributed by atoms with Gasteiger partial charge in [0.25, 0.3) is 0 Å². The van der Waals surface area contributed by atoms with E-state index in [1.54, 1.807) is 0 Å². The van der Waals surface area contributed by atoms with E-state index in [4.69, 9.17) is 4.74 Å². The van der Waals surface area contributed by atoms with Gasteiger partial charge in [-0.3, -0.25) is 0 Å².